The van der Waals surface area contributed by atoms with E-state index < -0.39 is 12.6 Å². The van der Waals surface area contributed by atoms with Crippen LogP contribution in [-0.4, -0.2) is 27.6 Å². The van der Waals surface area contributed by atoms with E-state index in [1.54, 1.807) is 12.1 Å². The van der Waals surface area contributed by atoms with E-state index >= 15 is 0 Å². The van der Waals surface area contributed by atoms with E-state index in [4.69, 9.17) is 5.11 Å². The zero-order chi connectivity index (χ0) is 11.7. The summed E-state index contributed by atoms with van der Waals surface area (Å²) in [6.07, 6.45) is 0. The molecule has 0 bridgehead atoms. The number of halogens is 2. The molecule has 0 atom stereocenters. The summed E-state index contributed by atoms with van der Waals surface area (Å²) in [6.45, 7) is -3.06. The summed E-state index contributed by atoms with van der Waals surface area (Å²) in [5.74, 6) is -1.30. The first-order valence-corrected chi connectivity index (χ1v) is 4.26. The van der Waals surface area contributed by atoms with Gasteiger partial charge in [-0.1, -0.05) is 23.0 Å². The highest BCUT2D eigenvalue weighted by atomic mass is 19.3. The average Bonchev–Trinajstić information content (AvgIpc) is 2.57. The second-order valence-corrected chi connectivity index (χ2v) is 2.91. The fourth-order valence-corrected chi connectivity index (χ4v) is 1.35. The van der Waals surface area contributed by atoms with Crippen molar-refractivity contribution in [3.8, 4) is 0 Å². The van der Waals surface area contributed by atoms with Gasteiger partial charge >= 0.3 is 12.6 Å². The van der Waals surface area contributed by atoms with Gasteiger partial charge in [-0.25, -0.2) is 4.79 Å². The van der Waals surface area contributed by atoms with Crippen molar-refractivity contribution < 1.29 is 23.5 Å². The van der Waals surface area contributed by atoms with Crippen molar-refractivity contribution >= 4 is 16.9 Å². The molecule has 1 N–H and O–H groups in total. The van der Waals surface area contributed by atoms with Crippen molar-refractivity contribution in [1.29, 1.82) is 0 Å². The number of nitrogens with zero attached hydrogens (tertiary/aromatic N) is 2. The number of carboxylic acids is 1. The van der Waals surface area contributed by atoms with Crippen molar-refractivity contribution in [3.63, 3.8) is 0 Å². The molecular weight excluding hydrogens is 222 g/mol. The zero-order valence-corrected chi connectivity index (χ0v) is 7.80. The Morgan fingerprint density at radius 2 is 2.12 bits per heavy atom. The lowest BCUT2D eigenvalue weighted by atomic mass is 10.2. The molecule has 2 aromatic rings. The van der Waals surface area contributed by atoms with Gasteiger partial charge in [0, 0.05) is 5.39 Å². The molecule has 0 saturated heterocycles. The van der Waals surface area contributed by atoms with Crippen molar-refractivity contribution in [2.75, 3.05) is 0 Å². The Balaban J connectivity index is 2.62. The number of para-hydroxylation sites is 1. The highest BCUT2D eigenvalue weighted by Crippen LogP contribution is 2.17. The van der Waals surface area contributed by atoms with Crippen molar-refractivity contribution in [2.45, 2.75) is 6.61 Å². The van der Waals surface area contributed by atoms with Crippen LogP contribution < -0.4 is 4.84 Å². The second kappa shape index (κ2) is 3.76. The number of aromatic nitrogens is 2. The zero-order valence-electron chi connectivity index (χ0n) is 7.80. The van der Waals surface area contributed by atoms with Gasteiger partial charge in [-0.15, -0.1) is 5.10 Å². The molecule has 0 aliphatic rings. The van der Waals surface area contributed by atoms with E-state index in [1.807, 2.05) is 0 Å². The molecule has 84 valence electrons. The van der Waals surface area contributed by atoms with E-state index in [1.165, 1.54) is 12.1 Å². The maximum Gasteiger partial charge on any atom is 0.407 e. The van der Waals surface area contributed by atoms with Crippen LogP contribution in [0.4, 0.5) is 8.78 Å². The molecule has 0 saturated carbocycles. The molecular formula is C9H6F2N2O3. The molecule has 0 spiro atoms. The standard InChI is InChI=1S/C9H6F2N2O3/c10-9(11)16-13-6-4-2-1-3-5(6)7(12-13)8(14)15/h1-4,9H,(H,14,15). The highest BCUT2D eigenvalue weighted by molar-refractivity contribution is 6.00. The summed E-state index contributed by atoms with van der Waals surface area (Å²) in [5, 5.41) is 12.5. The van der Waals surface area contributed by atoms with E-state index in [0.29, 0.717) is 4.85 Å². The molecule has 0 fully saturated rings. The van der Waals surface area contributed by atoms with Crippen LogP contribution in [0, 0.1) is 0 Å². The Labute approximate surface area is 87.8 Å². The molecule has 0 unspecified atom stereocenters. The molecule has 2 rings (SSSR count). The molecule has 16 heavy (non-hydrogen) atoms. The Hall–Kier alpha value is -2.18. The first-order valence-electron chi connectivity index (χ1n) is 4.26. The summed E-state index contributed by atoms with van der Waals surface area (Å²) in [5.41, 5.74) is -0.142. The van der Waals surface area contributed by atoms with E-state index in [2.05, 4.69) is 9.94 Å². The quantitative estimate of drug-likeness (QED) is 0.862. The van der Waals surface area contributed by atoms with Crippen LogP contribution in [0.3, 0.4) is 0 Å². The van der Waals surface area contributed by atoms with E-state index in [9.17, 15) is 13.6 Å². The minimum absolute atomic E-state index is 0.181. The maximum absolute atomic E-state index is 12.0. The number of rotatable bonds is 3. The number of fused-ring (bicyclic) bond motifs is 1. The molecule has 1 aromatic carbocycles. The van der Waals surface area contributed by atoms with Crippen LogP contribution >= 0.6 is 0 Å². The molecule has 0 aliphatic carbocycles. The topological polar surface area (TPSA) is 64.3 Å². The maximum atomic E-state index is 12.0. The largest absolute Gasteiger partial charge is 0.476 e. The Morgan fingerprint density at radius 1 is 1.44 bits per heavy atom. The van der Waals surface area contributed by atoms with Crippen LogP contribution in [0.2, 0.25) is 0 Å². The minimum atomic E-state index is -3.06. The van der Waals surface area contributed by atoms with Gasteiger partial charge in [0.1, 0.15) is 5.52 Å². The number of aromatic carboxylic acids is 1. The first kappa shape index (κ1) is 10.3. The summed E-state index contributed by atoms with van der Waals surface area (Å²) in [7, 11) is 0. The SMILES string of the molecule is O=C(O)c1nn(OC(F)F)c2ccccc12. The predicted octanol–water partition coefficient (Wildman–Crippen LogP) is 1.39. The monoisotopic (exact) mass is 228 g/mol. The van der Waals surface area contributed by atoms with E-state index in [-0.39, 0.29) is 16.6 Å². The molecule has 0 amide bonds. The van der Waals surface area contributed by atoms with Crippen LogP contribution in [0.5, 0.6) is 0 Å². The third-order valence-electron chi connectivity index (χ3n) is 1.94. The highest BCUT2D eigenvalue weighted by Gasteiger charge is 2.18. The first-order chi connectivity index (χ1) is 7.59. The summed E-state index contributed by atoms with van der Waals surface area (Å²) >= 11 is 0. The summed E-state index contributed by atoms with van der Waals surface area (Å²) < 4.78 is 24.1. The lowest BCUT2D eigenvalue weighted by Gasteiger charge is -2.02. The fraction of sp³-hybridized carbons (Fsp3) is 0.111. The van der Waals surface area contributed by atoms with Crippen molar-refractivity contribution in [2.24, 2.45) is 0 Å². The third-order valence-corrected chi connectivity index (χ3v) is 1.94. The number of hydrogen-bond acceptors (Lipinski definition) is 3. The number of benzene rings is 1. The number of alkyl halides is 2. The summed E-state index contributed by atoms with van der Waals surface area (Å²) in [4.78, 5) is 15.4. The number of carbonyl (C=O) groups is 1. The third kappa shape index (κ3) is 1.67. The minimum Gasteiger partial charge on any atom is -0.476 e. The Morgan fingerprint density at radius 3 is 2.75 bits per heavy atom. The molecule has 1 heterocycles. The smallest absolute Gasteiger partial charge is 0.407 e. The molecule has 0 aliphatic heterocycles. The van der Waals surface area contributed by atoms with Crippen molar-refractivity contribution in [3.05, 3.63) is 30.0 Å². The van der Waals surface area contributed by atoms with Crippen LogP contribution in [-0.2, 0) is 0 Å². The Bertz CT molecular complexity index is 539. The van der Waals surface area contributed by atoms with Gasteiger partial charge in [-0.2, -0.15) is 8.78 Å². The van der Waals surface area contributed by atoms with Crippen LogP contribution in [0.1, 0.15) is 10.5 Å². The van der Waals surface area contributed by atoms with Gasteiger partial charge < -0.3 is 9.94 Å². The van der Waals surface area contributed by atoms with Crippen molar-refractivity contribution in [1.82, 2.24) is 9.94 Å². The van der Waals surface area contributed by atoms with Gasteiger partial charge in [0.15, 0.2) is 5.69 Å². The lowest BCUT2D eigenvalue weighted by molar-refractivity contribution is -0.139. The molecule has 1 aromatic heterocycles. The van der Waals surface area contributed by atoms with Crippen LogP contribution in [0.25, 0.3) is 10.9 Å². The Kier molecular flexibility index (Phi) is 2.43. The normalized spacial score (nSPS) is 10.9. The van der Waals surface area contributed by atoms with Gasteiger partial charge in [0.2, 0.25) is 0 Å². The molecule has 7 heteroatoms. The van der Waals surface area contributed by atoms with Gasteiger partial charge in [0.05, 0.1) is 0 Å². The van der Waals surface area contributed by atoms with Gasteiger partial charge in [0.25, 0.3) is 0 Å². The lowest BCUT2D eigenvalue weighted by Crippen LogP contribution is -2.18. The predicted molar refractivity (Wildman–Crippen MR) is 49.3 cm³/mol. The number of carboxylic acid groups (broad SMARTS) is 1. The molecule has 0 radical (unpaired) electrons. The summed E-state index contributed by atoms with van der Waals surface area (Å²) in [6, 6.07) is 6.07. The van der Waals surface area contributed by atoms with Crippen LogP contribution in [0.15, 0.2) is 24.3 Å². The van der Waals surface area contributed by atoms with E-state index in [0.717, 1.165) is 0 Å². The fourth-order valence-electron chi connectivity index (χ4n) is 1.35. The van der Waals surface area contributed by atoms with Gasteiger partial charge in [-0.3, -0.25) is 0 Å². The molecule has 5 nitrogen and oxygen atoms in total. The second-order valence-electron chi connectivity index (χ2n) is 2.91. The average molecular weight is 228 g/mol. The van der Waals surface area contributed by atoms with Gasteiger partial charge in [-0.05, 0) is 6.07 Å². The number of hydrogen-bond donors (Lipinski definition) is 1.